The van der Waals surface area contributed by atoms with E-state index in [2.05, 4.69) is 21.8 Å². The number of amides is 1. The molecule has 6 rings (SSSR count). The van der Waals surface area contributed by atoms with Gasteiger partial charge in [0.25, 0.3) is 5.91 Å². The number of aliphatic hydroxyl groups is 1. The summed E-state index contributed by atoms with van der Waals surface area (Å²) >= 11 is 6.37. The third kappa shape index (κ3) is 5.40. The highest BCUT2D eigenvalue weighted by atomic mass is 35.5. The average Bonchev–Trinajstić information content (AvgIpc) is 3.02. The molecule has 1 saturated carbocycles. The summed E-state index contributed by atoms with van der Waals surface area (Å²) in [5, 5.41) is 11.8. The van der Waals surface area contributed by atoms with Crippen molar-refractivity contribution in [1.29, 1.82) is 0 Å². The number of halogens is 1. The molecule has 0 saturated heterocycles. The number of rotatable bonds is 0. The first-order chi connectivity index (χ1) is 18.7. The van der Waals surface area contributed by atoms with Gasteiger partial charge in [0.1, 0.15) is 5.75 Å². The highest BCUT2D eigenvalue weighted by Crippen LogP contribution is 2.47. The normalized spacial score (nSPS) is 30.7. The Balaban J connectivity index is 1.40. The van der Waals surface area contributed by atoms with Gasteiger partial charge in [0, 0.05) is 29.1 Å². The lowest BCUT2D eigenvalue weighted by Gasteiger charge is -2.45. The van der Waals surface area contributed by atoms with E-state index in [1.165, 1.54) is 11.1 Å². The summed E-state index contributed by atoms with van der Waals surface area (Å²) in [5.74, 6) is 0.562. The van der Waals surface area contributed by atoms with Crippen LogP contribution in [0.2, 0.25) is 5.02 Å². The van der Waals surface area contributed by atoms with E-state index < -0.39 is 15.9 Å². The fraction of sp³-hybridized carbons (Fsp3) is 0.567. The SMILES string of the molecule is O=C1NS(=O)(=O)CCCCC[C@H](O)[C@@H]2CC[C@H]2CN2C[C@@]3(CCCc4cc(Cl)ccc43)COc3ccc1cc32. The van der Waals surface area contributed by atoms with Crippen molar-refractivity contribution in [1.82, 2.24) is 4.72 Å². The molecule has 7 nitrogen and oxygen atoms in total. The summed E-state index contributed by atoms with van der Waals surface area (Å²) in [6.45, 7) is 1.99. The highest BCUT2D eigenvalue weighted by Gasteiger charge is 2.44. The molecule has 2 bridgehead atoms. The summed E-state index contributed by atoms with van der Waals surface area (Å²) in [5.41, 5.74) is 3.41. The fourth-order valence-corrected chi connectivity index (χ4v) is 8.44. The summed E-state index contributed by atoms with van der Waals surface area (Å²) < 4.78 is 34.0. The number of aliphatic hydroxyl groups excluding tert-OH is 1. The van der Waals surface area contributed by atoms with E-state index >= 15 is 0 Å². The first-order valence-electron chi connectivity index (χ1n) is 14.3. The van der Waals surface area contributed by atoms with Crippen LogP contribution < -0.4 is 14.4 Å². The minimum atomic E-state index is -3.75. The summed E-state index contributed by atoms with van der Waals surface area (Å²) in [6.07, 6.45) is 7.31. The Morgan fingerprint density at radius 1 is 1.05 bits per heavy atom. The molecule has 2 aliphatic carbocycles. The number of carbonyl (C=O) groups excluding carboxylic acids is 1. The van der Waals surface area contributed by atoms with E-state index in [0.29, 0.717) is 43.1 Å². The van der Waals surface area contributed by atoms with Crippen LogP contribution in [0, 0.1) is 11.8 Å². The summed E-state index contributed by atoms with van der Waals surface area (Å²) in [4.78, 5) is 15.4. The maximum absolute atomic E-state index is 13.1. The molecule has 0 radical (unpaired) electrons. The van der Waals surface area contributed by atoms with Crippen LogP contribution in [0.3, 0.4) is 0 Å². The van der Waals surface area contributed by atoms with Gasteiger partial charge in [0.05, 0.1) is 24.2 Å². The van der Waals surface area contributed by atoms with Crippen molar-refractivity contribution in [3.8, 4) is 5.75 Å². The van der Waals surface area contributed by atoms with E-state index in [9.17, 15) is 18.3 Å². The molecule has 0 unspecified atom stereocenters. The van der Waals surface area contributed by atoms with Crippen LogP contribution in [0.25, 0.3) is 0 Å². The lowest BCUT2D eigenvalue weighted by atomic mass is 9.68. The van der Waals surface area contributed by atoms with Gasteiger partial charge in [0.15, 0.2) is 0 Å². The van der Waals surface area contributed by atoms with E-state index in [0.717, 1.165) is 62.3 Å². The number of sulfonamides is 1. The molecule has 2 aliphatic heterocycles. The standard InChI is InChI=1S/C30H37ClN2O5S/c31-23-9-11-25-20(15-23)5-4-13-30(25)18-33-17-22-7-10-24(22)27(34)6-2-1-3-14-39(36,37)32-29(35)21-8-12-28(38-19-30)26(33)16-21/h8-9,11-12,15-16,22,24,27,34H,1-7,10,13-14,17-19H2,(H,32,35)/t22-,24+,27-,30-/m0/s1. The second-order valence-corrected chi connectivity index (χ2v) is 14.2. The molecule has 0 aromatic heterocycles. The van der Waals surface area contributed by atoms with Crippen molar-refractivity contribution in [2.45, 2.75) is 69.3 Å². The van der Waals surface area contributed by atoms with Crippen molar-refractivity contribution < 1.29 is 23.1 Å². The zero-order valence-corrected chi connectivity index (χ0v) is 23.8. The van der Waals surface area contributed by atoms with E-state index in [1.54, 1.807) is 18.2 Å². The van der Waals surface area contributed by atoms with Crippen LogP contribution in [-0.4, -0.2) is 51.0 Å². The van der Waals surface area contributed by atoms with Gasteiger partial charge < -0.3 is 14.7 Å². The lowest BCUT2D eigenvalue weighted by Crippen LogP contribution is -2.49. The molecule has 2 aromatic rings. The van der Waals surface area contributed by atoms with Crippen LogP contribution in [0.4, 0.5) is 5.69 Å². The molecular weight excluding hydrogens is 536 g/mol. The van der Waals surface area contributed by atoms with Gasteiger partial charge in [-0.15, -0.1) is 0 Å². The van der Waals surface area contributed by atoms with Crippen LogP contribution in [0.1, 0.15) is 72.9 Å². The minimum absolute atomic E-state index is 0.104. The van der Waals surface area contributed by atoms with Gasteiger partial charge >= 0.3 is 0 Å². The van der Waals surface area contributed by atoms with E-state index in [-0.39, 0.29) is 23.2 Å². The number of anilines is 1. The van der Waals surface area contributed by atoms with Crippen LogP contribution in [0.5, 0.6) is 5.75 Å². The van der Waals surface area contributed by atoms with Crippen molar-refractivity contribution in [3.63, 3.8) is 0 Å². The Hall–Kier alpha value is -2.29. The van der Waals surface area contributed by atoms with Crippen molar-refractivity contribution in [2.75, 3.05) is 30.3 Å². The first-order valence-corrected chi connectivity index (χ1v) is 16.3. The van der Waals surface area contributed by atoms with Gasteiger partial charge in [-0.1, -0.05) is 30.5 Å². The molecule has 1 amide bonds. The van der Waals surface area contributed by atoms with Gasteiger partial charge in [-0.3, -0.25) is 4.79 Å². The topological polar surface area (TPSA) is 95.9 Å². The quantitative estimate of drug-likeness (QED) is 0.469. The number of aryl methyl sites for hydroxylation is 1. The molecule has 39 heavy (non-hydrogen) atoms. The second-order valence-electron chi connectivity index (χ2n) is 12.0. The summed E-state index contributed by atoms with van der Waals surface area (Å²) in [6, 6.07) is 11.4. The van der Waals surface area contributed by atoms with Crippen LogP contribution in [0.15, 0.2) is 36.4 Å². The Morgan fingerprint density at radius 3 is 2.74 bits per heavy atom. The molecule has 4 aliphatic rings. The average molecular weight is 573 g/mol. The maximum atomic E-state index is 13.1. The number of hydrogen-bond donors (Lipinski definition) is 2. The Bertz CT molecular complexity index is 1370. The molecule has 4 atom stereocenters. The molecule has 1 spiro atoms. The zero-order chi connectivity index (χ0) is 27.2. The predicted octanol–water partition coefficient (Wildman–Crippen LogP) is 4.83. The molecule has 2 heterocycles. The number of nitrogens with one attached hydrogen (secondary N) is 1. The van der Waals surface area contributed by atoms with Crippen LogP contribution >= 0.6 is 11.6 Å². The van der Waals surface area contributed by atoms with Crippen molar-refractivity contribution >= 4 is 33.2 Å². The van der Waals surface area contributed by atoms with E-state index in [4.69, 9.17) is 16.3 Å². The molecular formula is C30H37ClN2O5S. The van der Waals surface area contributed by atoms with Crippen molar-refractivity contribution in [2.24, 2.45) is 11.8 Å². The second kappa shape index (κ2) is 10.6. The maximum Gasteiger partial charge on any atom is 0.264 e. The number of hydrogen-bond acceptors (Lipinski definition) is 6. The number of benzene rings is 2. The van der Waals surface area contributed by atoms with Gasteiger partial charge in [-0.2, -0.15) is 0 Å². The monoisotopic (exact) mass is 572 g/mol. The van der Waals surface area contributed by atoms with Gasteiger partial charge in [-0.05, 0) is 98.2 Å². The Morgan fingerprint density at radius 2 is 1.92 bits per heavy atom. The number of fused-ring (bicyclic) bond motifs is 4. The minimum Gasteiger partial charge on any atom is -0.490 e. The Labute approximate surface area is 235 Å². The molecule has 210 valence electrons. The number of ether oxygens (including phenoxy) is 1. The third-order valence-electron chi connectivity index (χ3n) is 9.39. The van der Waals surface area contributed by atoms with Gasteiger partial charge in [-0.25, -0.2) is 13.1 Å². The first kappa shape index (κ1) is 26.9. The Kier molecular flexibility index (Phi) is 7.31. The lowest BCUT2D eigenvalue weighted by molar-refractivity contribution is 0.00910. The predicted molar refractivity (Wildman–Crippen MR) is 152 cm³/mol. The van der Waals surface area contributed by atoms with Crippen LogP contribution in [-0.2, 0) is 21.9 Å². The van der Waals surface area contributed by atoms with E-state index in [1.807, 2.05) is 6.07 Å². The molecule has 2 aromatic carbocycles. The number of carbonyl (C=O) groups is 1. The zero-order valence-electron chi connectivity index (χ0n) is 22.2. The molecule has 9 heteroatoms. The number of nitrogens with zero attached hydrogens (tertiary/aromatic N) is 1. The largest absolute Gasteiger partial charge is 0.490 e. The highest BCUT2D eigenvalue weighted by molar-refractivity contribution is 7.90. The third-order valence-corrected chi connectivity index (χ3v) is 10.9. The molecule has 1 fully saturated rings. The van der Waals surface area contributed by atoms with Gasteiger partial charge in [0.2, 0.25) is 10.0 Å². The van der Waals surface area contributed by atoms with Crippen molar-refractivity contribution in [3.05, 3.63) is 58.1 Å². The summed E-state index contributed by atoms with van der Waals surface area (Å²) in [7, 11) is -3.75. The smallest absolute Gasteiger partial charge is 0.264 e. The fourth-order valence-electron chi connectivity index (χ4n) is 7.15. The molecule has 2 N–H and O–H groups in total.